The third kappa shape index (κ3) is 7.14. The highest BCUT2D eigenvalue weighted by atomic mass is 19.1. The number of rotatable bonds is 8. The highest BCUT2D eigenvalue weighted by Crippen LogP contribution is 2.30. The number of halogens is 1. The lowest BCUT2D eigenvalue weighted by Gasteiger charge is -2.38. The molecule has 1 heterocycles. The number of piperidine rings is 1. The molecule has 1 unspecified atom stereocenters. The lowest BCUT2D eigenvalue weighted by Crippen LogP contribution is -2.39. The normalized spacial score (nSPS) is 15.2. The summed E-state index contributed by atoms with van der Waals surface area (Å²) in [5, 5.41) is 14.8. The topological polar surface area (TPSA) is 68.2 Å². The van der Waals surface area contributed by atoms with Crippen molar-refractivity contribution in [1.29, 1.82) is 5.26 Å². The van der Waals surface area contributed by atoms with Crippen molar-refractivity contribution in [2.45, 2.75) is 31.7 Å². The number of urea groups is 1. The number of benzene rings is 3. The van der Waals surface area contributed by atoms with Gasteiger partial charge in [-0.2, -0.15) is 5.26 Å². The Morgan fingerprint density at radius 3 is 2.49 bits per heavy atom. The third-order valence-electron chi connectivity index (χ3n) is 6.66. The molecule has 0 saturated carbocycles. The van der Waals surface area contributed by atoms with Crippen LogP contribution in [0.3, 0.4) is 0 Å². The van der Waals surface area contributed by atoms with Crippen molar-refractivity contribution in [3.8, 4) is 6.07 Å². The van der Waals surface area contributed by atoms with E-state index in [1.54, 1.807) is 36.4 Å². The molecular formula is C29H31FN4O. The summed E-state index contributed by atoms with van der Waals surface area (Å²) >= 11 is 0. The molecule has 4 rings (SSSR count). The standard InChI is InChI=1S/C29H31FN4O/c30-26-11-9-22(10-12-26)19-23-14-17-34(18-15-23)28(25-6-2-1-3-7-25)13-16-32-29(35)33-27-8-4-5-24(20-27)21-31/h1-12,20,23,28H,13-19H2,(H2,32,33,35). The molecule has 0 aromatic heterocycles. The number of amides is 2. The number of nitrogens with one attached hydrogen (secondary N) is 2. The second-order valence-electron chi connectivity index (χ2n) is 9.10. The van der Waals surface area contributed by atoms with Crippen LogP contribution in [0.5, 0.6) is 0 Å². The maximum atomic E-state index is 13.2. The van der Waals surface area contributed by atoms with Crippen LogP contribution < -0.4 is 10.6 Å². The van der Waals surface area contributed by atoms with Gasteiger partial charge in [0.25, 0.3) is 0 Å². The third-order valence-corrected chi connectivity index (χ3v) is 6.66. The Bertz CT molecular complexity index is 1140. The molecular weight excluding hydrogens is 439 g/mol. The zero-order valence-electron chi connectivity index (χ0n) is 19.8. The number of carbonyl (C=O) groups excluding carboxylic acids is 1. The summed E-state index contributed by atoms with van der Waals surface area (Å²) in [5.41, 5.74) is 3.56. The Hall–Kier alpha value is -3.69. The zero-order valence-corrected chi connectivity index (χ0v) is 19.8. The van der Waals surface area contributed by atoms with E-state index in [0.29, 0.717) is 23.7 Å². The van der Waals surface area contributed by atoms with Crippen LogP contribution in [0.25, 0.3) is 0 Å². The average molecular weight is 471 g/mol. The predicted octanol–water partition coefficient (Wildman–Crippen LogP) is 5.90. The molecule has 180 valence electrons. The minimum absolute atomic E-state index is 0.188. The van der Waals surface area contributed by atoms with Gasteiger partial charge in [-0.15, -0.1) is 0 Å². The summed E-state index contributed by atoms with van der Waals surface area (Å²) in [7, 11) is 0. The van der Waals surface area contributed by atoms with Crippen molar-refractivity contribution in [3.63, 3.8) is 0 Å². The highest BCUT2D eigenvalue weighted by molar-refractivity contribution is 5.89. The molecule has 0 bridgehead atoms. The Morgan fingerprint density at radius 2 is 1.77 bits per heavy atom. The van der Waals surface area contributed by atoms with Crippen molar-refractivity contribution in [3.05, 3.63) is 101 Å². The van der Waals surface area contributed by atoms with Crippen molar-refractivity contribution in [1.82, 2.24) is 10.2 Å². The van der Waals surface area contributed by atoms with E-state index in [1.807, 2.05) is 18.2 Å². The first-order valence-electron chi connectivity index (χ1n) is 12.2. The summed E-state index contributed by atoms with van der Waals surface area (Å²) in [4.78, 5) is 14.9. The van der Waals surface area contributed by atoms with E-state index in [2.05, 4.69) is 45.9 Å². The van der Waals surface area contributed by atoms with Crippen LogP contribution in [-0.4, -0.2) is 30.6 Å². The number of nitrogens with zero attached hydrogens (tertiary/aromatic N) is 2. The molecule has 1 aliphatic heterocycles. The van der Waals surface area contributed by atoms with E-state index >= 15 is 0 Å². The quantitative estimate of drug-likeness (QED) is 0.430. The van der Waals surface area contributed by atoms with E-state index in [9.17, 15) is 9.18 Å². The molecule has 35 heavy (non-hydrogen) atoms. The van der Waals surface area contributed by atoms with E-state index in [0.717, 1.165) is 38.8 Å². The minimum Gasteiger partial charge on any atom is -0.338 e. The molecule has 3 aromatic rings. The van der Waals surface area contributed by atoms with Crippen LogP contribution in [0.4, 0.5) is 14.9 Å². The molecule has 0 spiro atoms. The first kappa shape index (κ1) is 24.4. The maximum Gasteiger partial charge on any atom is 0.319 e. The molecule has 1 atom stereocenters. The van der Waals surface area contributed by atoms with Crippen LogP contribution in [0.2, 0.25) is 0 Å². The van der Waals surface area contributed by atoms with Crippen molar-refractivity contribution in [2.24, 2.45) is 5.92 Å². The van der Waals surface area contributed by atoms with Crippen LogP contribution in [0, 0.1) is 23.1 Å². The SMILES string of the molecule is N#Cc1cccc(NC(=O)NCCC(c2ccccc2)N2CCC(Cc3ccc(F)cc3)CC2)c1. The van der Waals surface area contributed by atoms with Gasteiger partial charge in [0.1, 0.15) is 5.82 Å². The molecule has 6 heteroatoms. The summed E-state index contributed by atoms with van der Waals surface area (Å²) in [6.45, 7) is 2.54. The molecule has 2 amide bonds. The van der Waals surface area contributed by atoms with Gasteiger partial charge in [-0.3, -0.25) is 4.90 Å². The second kappa shape index (κ2) is 12.1. The first-order chi connectivity index (χ1) is 17.1. The minimum atomic E-state index is -0.273. The molecule has 1 fully saturated rings. The summed E-state index contributed by atoms with van der Waals surface area (Å²) in [6, 6.07) is 26.2. The number of nitriles is 1. The van der Waals surface area contributed by atoms with Crippen LogP contribution >= 0.6 is 0 Å². The van der Waals surface area contributed by atoms with E-state index in [4.69, 9.17) is 5.26 Å². The Morgan fingerprint density at radius 1 is 1.03 bits per heavy atom. The fraction of sp³-hybridized carbons (Fsp3) is 0.310. The number of carbonyl (C=O) groups is 1. The van der Waals surface area contributed by atoms with Gasteiger partial charge in [0.05, 0.1) is 11.6 Å². The van der Waals surface area contributed by atoms with Crippen LogP contribution in [0.15, 0.2) is 78.9 Å². The monoisotopic (exact) mass is 470 g/mol. The molecule has 0 radical (unpaired) electrons. The molecule has 5 nitrogen and oxygen atoms in total. The Labute approximate surface area is 206 Å². The van der Waals surface area contributed by atoms with Crippen LogP contribution in [-0.2, 0) is 6.42 Å². The van der Waals surface area contributed by atoms with E-state index in [1.165, 1.54) is 11.1 Å². The van der Waals surface area contributed by atoms with Gasteiger partial charge in [0.15, 0.2) is 0 Å². The summed E-state index contributed by atoms with van der Waals surface area (Å²) in [6.07, 6.45) is 3.99. The fourth-order valence-electron chi connectivity index (χ4n) is 4.82. The number of anilines is 1. The summed E-state index contributed by atoms with van der Waals surface area (Å²) in [5.74, 6) is 0.411. The molecule has 2 N–H and O–H groups in total. The smallest absolute Gasteiger partial charge is 0.319 e. The van der Waals surface area contributed by atoms with Gasteiger partial charge in [-0.25, -0.2) is 9.18 Å². The van der Waals surface area contributed by atoms with E-state index in [-0.39, 0.29) is 17.9 Å². The molecule has 3 aromatic carbocycles. The van der Waals surface area contributed by atoms with Gasteiger partial charge >= 0.3 is 6.03 Å². The van der Waals surface area contributed by atoms with Gasteiger partial charge in [-0.05, 0) is 86.1 Å². The van der Waals surface area contributed by atoms with Crippen molar-refractivity contribution < 1.29 is 9.18 Å². The molecule has 1 saturated heterocycles. The zero-order chi connectivity index (χ0) is 24.5. The van der Waals surface area contributed by atoms with Crippen molar-refractivity contribution >= 4 is 11.7 Å². The van der Waals surface area contributed by atoms with Crippen molar-refractivity contribution in [2.75, 3.05) is 25.0 Å². The molecule has 0 aliphatic carbocycles. The highest BCUT2D eigenvalue weighted by Gasteiger charge is 2.26. The largest absolute Gasteiger partial charge is 0.338 e. The maximum absolute atomic E-state index is 13.2. The number of hydrogen-bond donors (Lipinski definition) is 2. The van der Waals surface area contributed by atoms with Gasteiger partial charge in [0, 0.05) is 18.3 Å². The fourth-order valence-corrected chi connectivity index (χ4v) is 4.82. The van der Waals surface area contributed by atoms with Crippen LogP contribution in [0.1, 0.15) is 42.0 Å². The summed E-state index contributed by atoms with van der Waals surface area (Å²) < 4.78 is 13.2. The van der Waals surface area contributed by atoms with E-state index < -0.39 is 0 Å². The first-order valence-corrected chi connectivity index (χ1v) is 12.2. The second-order valence-corrected chi connectivity index (χ2v) is 9.10. The average Bonchev–Trinajstić information content (AvgIpc) is 2.89. The Kier molecular flexibility index (Phi) is 8.48. The lowest BCUT2D eigenvalue weighted by atomic mass is 9.88. The van der Waals surface area contributed by atoms with Gasteiger partial charge in [0.2, 0.25) is 0 Å². The number of likely N-dealkylation sites (tertiary alicyclic amines) is 1. The predicted molar refractivity (Wildman–Crippen MR) is 136 cm³/mol. The lowest BCUT2D eigenvalue weighted by molar-refractivity contribution is 0.126. The molecule has 1 aliphatic rings. The van der Waals surface area contributed by atoms with Gasteiger partial charge < -0.3 is 10.6 Å². The number of hydrogen-bond acceptors (Lipinski definition) is 3. The van der Waals surface area contributed by atoms with Gasteiger partial charge in [-0.1, -0.05) is 48.5 Å². The Balaban J connectivity index is 1.31.